The van der Waals surface area contributed by atoms with Crippen molar-refractivity contribution in [3.05, 3.63) is 42.0 Å². The highest BCUT2D eigenvalue weighted by atomic mass is 16.5. The standard InChI is InChI=1S/C17H22N2O/c1-20-17-9-8-14(13-6-2-3-7-15(13)17)16(12-18)19-10-4-5-11-19/h2-3,6-9,16H,4-5,10-12,18H2,1H3. The Kier molecular flexibility index (Phi) is 3.90. The lowest BCUT2D eigenvalue weighted by Crippen LogP contribution is -2.31. The Morgan fingerprint density at radius 2 is 1.80 bits per heavy atom. The lowest BCUT2D eigenvalue weighted by molar-refractivity contribution is 0.252. The Morgan fingerprint density at radius 3 is 2.45 bits per heavy atom. The van der Waals surface area contributed by atoms with Crippen molar-refractivity contribution < 1.29 is 4.74 Å². The summed E-state index contributed by atoms with van der Waals surface area (Å²) in [6, 6.07) is 13.0. The van der Waals surface area contributed by atoms with Gasteiger partial charge in [-0.25, -0.2) is 0 Å². The monoisotopic (exact) mass is 270 g/mol. The number of methoxy groups -OCH3 is 1. The number of ether oxygens (including phenoxy) is 1. The summed E-state index contributed by atoms with van der Waals surface area (Å²) in [4.78, 5) is 2.51. The third-order valence-electron chi connectivity index (χ3n) is 4.30. The summed E-state index contributed by atoms with van der Waals surface area (Å²) in [5.74, 6) is 0.932. The second kappa shape index (κ2) is 5.81. The average molecular weight is 270 g/mol. The van der Waals surface area contributed by atoms with E-state index < -0.39 is 0 Å². The summed E-state index contributed by atoms with van der Waals surface area (Å²) in [5, 5.41) is 2.43. The van der Waals surface area contributed by atoms with Crippen LogP contribution in [-0.4, -0.2) is 31.6 Å². The maximum Gasteiger partial charge on any atom is 0.126 e. The molecule has 0 aromatic heterocycles. The highest BCUT2D eigenvalue weighted by molar-refractivity contribution is 5.91. The van der Waals surface area contributed by atoms with E-state index in [-0.39, 0.29) is 0 Å². The van der Waals surface area contributed by atoms with E-state index in [1.165, 1.54) is 29.2 Å². The second-order valence-corrected chi connectivity index (χ2v) is 5.40. The molecule has 0 spiro atoms. The molecule has 1 unspecified atom stereocenters. The zero-order chi connectivity index (χ0) is 13.9. The number of hydrogen-bond acceptors (Lipinski definition) is 3. The SMILES string of the molecule is COc1ccc(C(CN)N2CCCC2)c2ccccc12. The average Bonchev–Trinajstić information content (AvgIpc) is 3.02. The normalized spacial score (nSPS) is 17.5. The molecule has 2 aromatic rings. The Labute approximate surface area is 120 Å². The third kappa shape index (κ3) is 2.28. The molecule has 1 aliphatic heterocycles. The van der Waals surface area contributed by atoms with E-state index in [0.717, 1.165) is 18.8 Å². The van der Waals surface area contributed by atoms with Crippen LogP contribution in [0.3, 0.4) is 0 Å². The smallest absolute Gasteiger partial charge is 0.126 e. The van der Waals surface area contributed by atoms with Gasteiger partial charge in [0, 0.05) is 18.0 Å². The van der Waals surface area contributed by atoms with Gasteiger partial charge >= 0.3 is 0 Å². The minimum absolute atomic E-state index is 0.313. The van der Waals surface area contributed by atoms with Crippen LogP contribution in [0.5, 0.6) is 5.75 Å². The van der Waals surface area contributed by atoms with Crippen molar-refractivity contribution in [3.63, 3.8) is 0 Å². The van der Waals surface area contributed by atoms with Gasteiger partial charge in [0.2, 0.25) is 0 Å². The van der Waals surface area contributed by atoms with Gasteiger partial charge in [0.1, 0.15) is 5.75 Å². The number of fused-ring (bicyclic) bond motifs is 1. The second-order valence-electron chi connectivity index (χ2n) is 5.40. The summed E-state index contributed by atoms with van der Waals surface area (Å²) in [7, 11) is 1.72. The van der Waals surface area contributed by atoms with Crippen LogP contribution in [0, 0.1) is 0 Å². The molecule has 3 rings (SSSR count). The Balaban J connectivity index is 2.10. The summed E-state index contributed by atoms with van der Waals surface area (Å²) < 4.78 is 5.48. The van der Waals surface area contributed by atoms with Gasteiger partial charge in [-0.1, -0.05) is 30.3 Å². The highest BCUT2D eigenvalue weighted by Gasteiger charge is 2.24. The van der Waals surface area contributed by atoms with E-state index in [2.05, 4.69) is 41.3 Å². The first-order valence-electron chi connectivity index (χ1n) is 7.35. The van der Waals surface area contributed by atoms with Gasteiger partial charge in [0.25, 0.3) is 0 Å². The fourth-order valence-corrected chi connectivity index (χ4v) is 3.29. The number of nitrogens with two attached hydrogens (primary N) is 1. The van der Waals surface area contributed by atoms with Crippen LogP contribution in [0.1, 0.15) is 24.4 Å². The molecule has 1 aliphatic rings. The molecule has 0 aliphatic carbocycles. The molecule has 20 heavy (non-hydrogen) atoms. The van der Waals surface area contributed by atoms with Gasteiger partial charge in [-0.3, -0.25) is 4.90 Å². The van der Waals surface area contributed by atoms with Crippen LogP contribution in [0.4, 0.5) is 0 Å². The number of rotatable bonds is 4. The molecule has 0 saturated carbocycles. The summed E-state index contributed by atoms with van der Waals surface area (Å²) in [6.45, 7) is 2.97. The summed E-state index contributed by atoms with van der Waals surface area (Å²) >= 11 is 0. The summed E-state index contributed by atoms with van der Waals surface area (Å²) in [5.41, 5.74) is 7.40. The first-order chi connectivity index (χ1) is 9.85. The van der Waals surface area contributed by atoms with Crippen LogP contribution in [0.15, 0.2) is 36.4 Å². The molecule has 1 heterocycles. The number of hydrogen-bond donors (Lipinski definition) is 1. The van der Waals surface area contributed by atoms with E-state index in [0.29, 0.717) is 12.6 Å². The fraction of sp³-hybridized carbons (Fsp3) is 0.412. The molecule has 2 N–H and O–H groups in total. The lowest BCUT2D eigenvalue weighted by Gasteiger charge is -2.28. The van der Waals surface area contributed by atoms with Crippen molar-refractivity contribution in [2.75, 3.05) is 26.7 Å². The molecule has 3 heteroatoms. The molecule has 0 bridgehead atoms. The van der Waals surface area contributed by atoms with E-state index in [9.17, 15) is 0 Å². The largest absolute Gasteiger partial charge is 0.496 e. The molecule has 1 atom stereocenters. The van der Waals surface area contributed by atoms with Gasteiger partial charge in [0.05, 0.1) is 7.11 Å². The highest BCUT2D eigenvalue weighted by Crippen LogP contribution is 2.34. The number of likely N-dealkylation sites (tertiary alicyclic amines) is 1. The Morgan fingerprint density at radius 1 is 1.10 bits per heavy atom. The van der Waals surface area contributed by atoms with Crippen molar-refractivity contribution in [2.24, 2.45) is 5.73 Å². The molecule has 1 fully saturated rings. The van der Waals surface area contributed by atoms with Gasteiger partial charge in [-0.05, 0) is 42.9 Å². The maximum atomic E-state index is 6.07. The molecular weight excluding hydrogens is 248 g/mol. The van der Waals surface area contributed by atoms with E-state index >= 15 is 0 Å². The lowest BCUT2D eigenvalue weighted by atomic mass is 9.97. The summed E-state index contributed by atoms with van der Waals surface area (Å²) in [6.07, 6.45) is 2.56. The van der Waals surface area contributed by atoms with Gasteiger partial charge in [-0.2, -0.15) is 0 Å². The zero-order valence-electron chi connectivity index (χ0n) is 12.0. The Hall–Kier alpha value is -1.58. The zero-order valence-corrected chi connectivity index (χ0v) is 12.0. The van der Waals surface area contributed by atoms with Crippen molar-refractivity contribution in [1.82, 2.24) is 4.90 Å². The van der Waals surface area contributed by atoms with Gasteiger partial charge < -0.3 is 10.5 Å². The van der Waals surface area contributed by atoms with Crippen molar-refractivity contribution in [2.45, 2.75) is 18.9 Å². The van der Waals surface area contributed by atoms with Crippen molar-refractivity contribution in [1.29, 1.82) is 0 Å². The molecule has 106 valence electrons. The first kappa shape index (κ1) is 13.4. The molecular formula is C17H22N2O. The predicted octanol–water partition coefficient (Wildman–Crippen LogP) is 2.94. The van der Waals surface area contributed by atoms with Crippen LogP contribution >= 0.6 is 0 Å². The maximum absolute atomic E-state index is 6.07. The number of nitrogens with zero attached hydrogens (tertiary/aromatic N) is 1. The predicted molar refractivity (Wildman–Crippen MR) is 83.1 cm³/mol. The molecule has 3 nitrogen and oxygen atoms in total. The number of benzene rings is 2. The van der Waals surface area contributed by atoms with Crippen LogP contribution in [0.25, 0.3) is 10.8 Å². The van der Waals surface area contributed by atoms with E-state index in [1.807, 2.05) is 0 Å². The fourth-order valence-electron chi connectivity index (χ4n) is 3.29. The van der Waals surface area contributed by atoms with Crippen molar-refractivity contribution in [3.8, 4) is 5.75 Å². The molecule has 0 radical (unpaired) electrons. The van der Waals surface area contributed by atoms with Gasteiger partial charge in [-0.15, -0.1) is 0 Å². The van der Waals surface area contributed by atoms with Crippen LogP contribution in [-0.2, 0) is 0 Å². The van der Waals surface area contributed by atoms with Crippen LogP contribution in [0.2, 0.25) is 0 Å². The minimum Gasteiger partial charge on any atom is -0.496 e. The molecule has 0 amide bonds. The van der Waals surface area contributed by atoms with E-state index in [1.54, 1.807) is 7.11 Å². The third-order valence-corrected chi connectivity index (χ3v) is 4.30. The topological polar surface area (TPSA) is 38.5 Å². The Bertz CT molecular complexity index is 591. The van der Waals surface area contributed by atoms with Crippen LogP contribution < -0.4 is 10.5 Å². The molecule has 1 saturated heterocycles. The van der Waals surface area contributed by atoms with Gasteiger partial charge in [0.15, 0.2) is 0 Å². The van der Waals surface area contributed by atoms with E-state index in [4.69, 9.17) is 10.5 Å². The molecule has 2 aromatic carbocycles. The first-order valence-corrected chi connectivity index (χ1v) is 7.35. The minimum atomic E-state index is 0.313. The quantitative estimate of drug-likeness (QED) is 0.928. The van der Waals surface area contributed by atoms with Crippen molar-refractivity contribution >= 4 is 10.8 Å².